The predicted molar refractivity (Wildman–Crippen MR) is 90.3 cm³/mol. The summed E-state index contributed by atoms with van der Waals surface area (Å²) in [7, 11) is 0. The molecule has 0 aliphatic heterocycles. The number of aromatic nitrogens is 4. The molecule has 3 rings (SSSR count). The van der Waals surface area contributed by atoms with E-state index >= 15 is 0 Å². The number of nitrogens with one attached hydrogen (secondary N) is 1. The number of hydrogen-bond acceptors (Lipinski definition) is 5. The standard InChI is InChI=1S/C16H17N5OS/c1-4-14-15(23-20-19-14)16(22)18-12-5-7-13(8-6-12)21-9-17-10(2)11(21)3/h5-9H,4H2,1-3H3,(H,18,22). The molecule has 0 saturated heterocycles. The zero-order valence-corrected chi connectivity index (χ0v) is 14.0. The van der Waals surface area contributed by atoms with E-state index in [1.54, 1.807) is 6.33 Å². The third-order valence-corrected chi connectivity index (χ3v) is 4.52. The first-order valence-corrected chi connectivity index (χ1v) is 8.11. The fraction of sp³-hybridized carbons (Fsp3) is 0.250. The van der Waals surface area contributed by atoms with Gasteiger partial charge in [-0.2, -0.15) is 0 Å². The molecule has 7 heteroatoms. The largest absolute Gasteiger partial charge is 0.321 e. The average Bonchev–Trinajstić information content (AvgIpc) is 3.16. The van der Waals surface area contributed by atoms with Crippen LogP contribution < -0.4 is 5.32 Å². The van der Waals surface area contributed by atoms with Gasteiger partial charge in [0.25, 0.3) is 5.91 Å². The number of imidazole rings is 1. The number of hydrogen-bond donors (Lipinski definition) is 1. The van der Waals surface area contributed by atoms with Crippen LogP contribution in [0.4, 0.5) is 5.69 Å². The van der Waals surface area contributed by atoms with E-state index in [2.05, 4.69) is 19.9 Å². The summed E-state index contributed by atoms with van der Waals surface area (Å²) >= 11 is 1.12. The monoisotopic (exact) mass is 327 g/mol. The Labute approximate surface area is 138 Å². The highest BCUT2D eigenvalue weighted by atomic mass is 32.1. The van der Waals surface area contributed by atoms with Crippen molar-refractivity contribution in [2.45, 2.75) is 27.2 Å². The van der Waals surface area contributed by atoms with E-state index in [0.29, 0.717) is 11.3 Å². The first-order valence-electron chi connectivity index (χ1n) is 7.33. The normalized spacial score (nSPS) is 10.7. The van der Waals surface area contributed by atoms with Crippen molar-refractivity contribution in [3.05, 3.63) is 52.6 Å². The van der Waals surface area contributed by atoms with Crippen LogP contribution in [0.15, 0.2) is 30.6 Å². The SMILES string of the molecule is CCc1nnsc1C(=O)Nc1ccc(-n2cnc(C)c2C)cc1. The molecule has 0 radical (unpaired) electrons. The number of carbonyl (C=O) groups is 1. The highest BCUT2D eigenvalue weighted by Gasteiger charge is 2.15. The van der Waals surface area contributed by atoms with Crippen molar-refractivity contribution >= 4 is 23.1 Å². The molecule has 3 aromatic rings. The molecule has 0 aliphatic carbocycles. The Bertz CT molecular complexity index is 835. The first-order chi connectivity index (χ1) is 11.1. The molecular weight excluding hydrogens is 310 g/mol. The Morgan fingerprint density at radius 1 is 1.26 bits per heavy atom. The van der Waals surface area contributed by atoms with Gasteiger partial charge < -0.3 is 9.88 Å². The third-order valence-electron chi connectivity index (χ3n) is 3.75. The number of benzene rings is 1. The summed E-state index contributed by atoms with van der Waals surface area (Å²) in [4.78, 5) is 17.1. The molecule has 6 nitrogen and oxygen atoms in total. The fourth-order valence-electron chi connectivity index (χ4n) is 2.26. The molecule has 1 amide bonds. The van der Waals surface area contributed by atoms with Crippen LogP contribution in [0.25, 0.3) is 5.69 Å². The highest BCUT2D eigenvalue weighted by Crippen LogP contribution is 2.18. The number of carbonyl (C=O) groups excluding carboxylic acids is 1. The van der Waals surface area contributed by atoms with Crippen molar-refractivity contribution in [2.75, 3.05) is 5.32 Å². The molecule has 0 aliphatic rings. The lowest BCUT2D eigenvalue weighted by Gasteiger charge is -2.08. The molecule has 0 atom stereocenters. The zero-order chi connectivity index (χ0) is 16.4. The lowest BCUT2D eigenvalue weighted by molar-refractivity contribution is 0.102. The maximum Gasteiger partial charge on any atom is 0.269 e. The van der Waals surface area contributed by atoms with Crippen LogP contribution in [0, 0.1) is 13.8 Å². The average molecular weight is 327 g/mol. The van der Waals surface area contributed by atoms with Gasteiger partial charge in [-0.15, -0.1) is 5.10 Å². The van der Waals surface area contributed by atoms with Gasteiger partial charge >= 0.3 is 0 Å². The molecule has 2 heterocycles. The Hall–Kier alpha value is -2.54. The fourth-order valence-corrected chi connectivity index (χ4v) is 2.91. The minimum Gasteiger partial charge on any atom is -0.321 e. The zero-order valence-electron chi connectivity index (χ0n) is 13.2. The van der Waals surface area contributed by atoms with E-state index in [9.17, 15) is 4.79 Å². The molecule has 0 unspecified atom stereocenters. The van der Waals surface area contributed by atoms with Gasteiger partial charge in [0.15, 0.2) is 0 Å². The second kappa shape index (κ2) is 6.29. The van der Waals surface area contributed by atoms with Crippen molar-refractivity contribution in [1.29, 1.82) is 0 Å². The van der Waals surface area contributed by atoms with E-state index in [-0.39, 0.29) is 5.91 Å². The summed E-state index contributed by atoms with van der Waals surface area (Å²) < 4.78 is 5.86. The van der Waals surface area contributed by atoms with E-state index in [4.69, 9.17) is 0 Å². The molecule has 1 aromatic carbocycles. The summed E-state index contributed by atoms with van der Waals surface area (Å²) in [6, 6.07) is 7.66. The summed E-state index contributed by atoms with van der Waals surface area (Å²) in [5.41, 5.74) is 4.59. The van der Waals surface area contributed by atoms with Crippen LogP contribution in [-0.2, 0) is 6.42 Å². The summed E-state index contributed by atoms with van der Waals surface area (Å²) in [5.74, 6) is -0.167. The van der Waals surface area contributed by atoms with E-state index in [1.165, 1.54) is 0 Å². The minimum absolute atomic E-state index is 0.167. The third kappa shape index (κ3) is 3.00. The Morgan fingerprint density at radius 3 is 2.61 bits per heavy atom. The smallest absolute Gasteiger partial charge is 0.269 e. The van der Waals surface area contributed by atoms with E-state index in [1.807, 2.05) is 49.6 Å². The maximum atomic E-state index is 12.3. The first kappa shape index (κ1) is 15.4. The van der Waals surface area contributed by atoms with Crippen LogP contribution in [0.2, 0.25) is 0 Å². The molecule has 23 heavy (non-hydrogen) atoms. The summed E-state index contributed by atoms with van der Waals surface area (Å²) in [5, 5.41) is 6.84. The number of amides is 1. The van der Waals surface area contributed by atoms with Crippen molar-refractivity contribution in [2.24, 2.45) is 0 Å². The van der Waals surface area contributed by atoms with Gasteiger partial charge in [0.05, 0.1) is 17.7 Å². The van der Waals surface area contributed by atoms with Crippen LogP contribution in [0.5, 0.6) is 0 Å². The molecule has 1 N–H and O–H groups in total. The van der Waals surface area contributed by atoms with Crippen molar-refractivity contribution in [3.63, 3.8) is 0 Å². The topological polar surface area (TPSA) is 72.7 Å². The van der Waals surface area contributed by atoms with Gasteiger partial charge in [0.1, 0.15) is 4.88 Å². The molecule has 0 spiro atoms. The maximum absolute atomic E-state index is 12.3. The van der Waals surface area contributed by atoms with Gasteiger partial charge in [0.2, 0.25) is 0 Å². The highest BCUT2D eigenvalue weighted by molar-refractivity contribution is 7.08. The molecule has 0 bridgehead atoms. The van der Waals surface area contributed by atoms with Gasteiger partial charge in [-0.05, 0) is 56.1 Å². The summed E-state index contributed by atoms with van der Waals surface area (Å²) in [6.07, 6.45) is 2.49. The molecule has 0 saturated carbocycles. The molecule has 2 aromatic heterocycles. The minimum atomic E-state index is -0.167. The number of anilines is 1. The van der Waals surface area contributed by atoms with Gasteiger partial charge in [0, 0.05) is 17.1 Å². The second-order valence-corrected chi connectivity index (χ2v) is 5.94. The Morgan fingerprint density at radius 2 is 2.00 bits per heavy atom. The molecule has 0 fully saturated rings. The van der Waals surface area contributed by atoms with Gasteiger partial charge in [-0.25, -0.2) is 4.98 Å². The van der Waals surface area contributed by atoms with Gasteiger partial charge in [-0.1, -0.05) is 11.4 Å². The van der Waals surface area contributed by atoms with Crippen LogP contribution in [-0.4, -0.2) is 25.0 Å². The predicted octanol–water partition coefficient (Wildman–Crippen LogP) is 3.16. The molecule has 118 valence electrons. The van der Waals surface area contributed by atoms with E-state index in [0.717, 1.165) is 40.0 Å². The lowest BCUT2D eigenvalue weighted by atomic mass is 10.2. The van der Waals surface area contributed by atoms with Crippen molar-refractivity contribution in [1.82, 2.24) is 19.1 Å². The van der Waals surface area contributed by atoms with Crippen molar-refractivity contribution in [3.8, 4) is 5.69 Å². The number of nitrogens with zero attached hydrogens (tertiary/aromatic N) is 4. The lowest BCUT2D eigenvalue weighted by Crippen LogP contribution is -2.12. The van der Waals surface area contributed by atoms with Crippen molar-refractivity contribution < 1.29 is 4.79 Å². The second-order valence-electron chi connectivity index (χ2n) is 5.19. The quantitative estimate of drug-likeness (QED) is 0.799. The Kier molecular flexibility index (Phi) is 4.20. The van der Waals surface area contributed by atoms with Crippen LogP contribution >= 0.6 is 11.5 Å². The van der Waals surface area contributed by atoms with E-state index < -0.39 is 0 Å². The van der Waals surface area contributed by atoms with Crippen LogP contribution in [0.3, 0.4) is 0 Å². The Balaban J connectivity index is 1.78. The summed E-state index contributed by atoms with van der Waals surface area (Å²) in [6.45, 7) is 5.97. The van der Waals surface area contributed by atoms with Crippen LogP contribution in [0.1, 0.15) is 33.7 Å². The number of rotatable bonds is 4. The number of aryl methyl sites for hydroxylation is 2. The molecular formula is C16H17N5OS. The van der Waals surface area contributed by atoms with Gasteiger partial charge in [-0.3, -0.25) is 4.79 Å².